The standard InChI is InChI=1S/C15H24N2O2S/c1-3-15(10-7-11-15)12-16-13-8-5-6-9-14(13)20(18,19)17-4-2/h5-6,8-9,16-17H,3-4,7,10-12H2,1-2H3. The Labute approximate surface area is 122 Å². The van der Waals surface area contributed by atoms with Crippen LogP contribution in [0.2, 0.25) is 0 Å². The van der Waals surface area contributed by atoms with Gasteiger partial charge in [0.25, 0.3) is 0 Å². The van der Waals surface area contributed by atoms with Crippen molar-refractivity contribution in [1.82, 2.24) is 4.72 Å². The van der Waals surface area contributed by atoms with Crippen LogP contribution in [0.5, 0.6) is 0 Å². The van der Waals surface area contributed by atoms with E-state index >= 15 is 0 Å². The molecule has 0 unspecified atom stereocenters. The van der Waals surface area contributed by atoms with Crippen LogP contribution < -0.4 is 10.0 Å². The largest absolute Gasteiger partial charge is 0.383 e. The highest BCUT2D eigenvalue weighted by atomic mass is 32.2. The molecule has 5 heteroatoms. The van der Waals surface area contributed by atoms with Gasteiger partial charge in [0.05, 0.1) is 5.69 Å². The zero-order chi connectivity index (χ0) is 14.6. The molecule has 0 heterocycles. The molecule has 0 spiro atoms. The summed E-state index contributed by atoms with van der Waals surface area (Å²) in [6.07, 6.45) is 4.90. The first-order valence-corrected chi connectivity index (χ1v) is 8.84. The fraction of sp³-hybridized carbons (Fsp3) is 0.600. The van der Waals surface area contributed by atoms with E-state index in [0.717, 1.165) is 13.0 Å². The highest BCUT2D eigenvalue weighted by Crippen LogP contribution is 2.43. The van der Waals surface area contributed by atoms with E-state index in [1.54, 1.807) is 19.1 Å². The minimum Gasteiger partial charge on any atom is -0.383 e. The van der Waals surface area contributed by atoms with Crippen LogP contribution in [-0.2, 0) is 10.0 Å². The Balaban J connectivity index is 2.16. The second-order valence-corrected chi connectivity index (χ2v) is 7.29. The highest BCUT2D eigenvalue weighted by molar-refractivity contribution is 7.89. The molecule has 0 amide bonds. The predicted octanol–water partition coefficient (Wildman–Crippen LogP) is 2.98. The summed E-state index contributed by atoms with van der Waals surface area (Å²) in [5.74, 6) is 0. The van der Waals surface area contributed by atoms with Crippen LogP contribution >= 0.6 is 0 Å². The Morgan fingerprint density at radius 3 is 2.45 bits per heavy atom. The monoisotopic (exact) mass is 296 g/mol. The number of hydrogen-bond acceptors (Lipinski definition) is 3. The molecule has 4 nitrogen and oxygen atoms in total. The molecule has 0 radical (unpaired) electrons. The van der Waals surface area contributed by atoms with Gasteiger partial charge in [0.2, 0.25) is 10.0 Å². The normalized spacial score (nSPS) is 17.5. The SMILES string of the molecule is CCNS(=O)(=O)c1ccccc1NCC1(CC)CCC1. The molecule has 1 aromatic carbocycles. The second-order valence-electron chi connectivity index (χ2n) is 5.56. The molecule has 0 aromatic heterocycles. The van der Waals surface area contributed by atoms with Crippen molar-refractivity contribution in [3.63, 3.8) is 0 Å². The van der Waals surface area contributed by atoms with E-state index in [-0.39, 0.29) is 0 Å². The van der Waals surface area contributed by atoms with Crippen molar-refractivity contribution < 1.29 is 8.42 Å². The van der Waals surface area contributed by atoms with Gasteiger partial charge in [-0.15, -0.1) is 0 Å². The van der Waals surface area contributed by atoms with Crippen LogP contribution in [-0.4, -0.2) is 21.5 Å². The van der Waals surface area contributed by atoms with Crippen molar-refractivity contribution in [2.24, 2.45) is 5.41 Å². The molecule has 1 aliphatic carbocycles. The number of para-hydroxylation sites is 1. The lowest BCUT2D eigenvalue weighted by Gasteiger charge is -2.41. The van der Waals surface area contributed by atoms with Crippen molar-refractivity contribution in [3.05, 3.63) is 24.3 Å². The van der Waals surface area contributed by atoms with Crippen LogP contribution in [0.1, 0.15) is 39.5 Å². The molecule has 2 N–H and O–H groups in total. The van der Waals surface area contributed by atoms with E-state index in [9.17, 15) is 8.42 Å². The minimum absolute atomic E-state index is 0.340. The zero-order valence-corrected chi connectivity index (χ0v) is 13.1. The summed E-state index contributed by atoms with van der Waals surface area (Å²) >= 11 is 0. The topological polar surface area (TPSA) is 58.2 Å². The third kappa shape index (κ3) is 3.15. The first kappa shape index (κ1) is 15.3. The van der Waals surface area contributed by atoms with Crippen molar-refractivity contribution in [3.8, 4) is 0 Å². The summed E-state index contributed by atoms with van der Waals surface area (Å²) in [7, 11) is -3.42. The average Bonchev–Trinajstić information content (AvgIpc) is 2.38. The van der Waals surface area contributed by atoms with Gasteiger partial charge in [-0.3, -0.25) is 0 Å². The third-order valence-corrected chi connectivity index (χ3v) is 5.93. The summed E-state index contributed by atoms with van der Waals surface area (Å²) < 4.78 is 26.9. The molecule has 1 aliphatic rings. The molecule has 0 aliphatic heterocycles. The Morgan fingerprint density at radius 2 is 1.90 bits per heavy atom. The molecule has 0 saturated heterocycles. The number of hydrogen-bond donors (Lipinski definition) is 2. The maximum Gasteiger partial charge on any atom is 0.242 e. The van der Waals surface area contributed by atoms with Gasteiger partial charge in [0.1, 0.15) is 4.90 Å². The Kier molecular flexibility index (Phi) is 4.70. The molecule has 0 atom stereocenters. The van der Waals surface area contributed by atoms with E-state index in [0.29, 0.717) is 22.5 Å². The van der Waals surface area contributed by atoms with E-state index in [1.165, 1.54) is 19.3 Å². The molecule has 112 valence electrons. The number of rotatable bonds is 7. The van der Waals surface area contributed by atoms with Crippen molar-refractivity contribution in [1.29, 1.82) is 0 Å². The quantitative estimate of drug-likeness (QED) is 0.813. The lowest BCUT2D eigenvalue weighted by Crippen LogP contribution is -2.36. The van der Waals surface area contributed by atoms with Crippen molar-refractivity contribution in [2.45, 2.75) is 44.4 Å². The highest BCUT2D eigenvalue weighted by Gasteiger charge is 2.35. The molecule has 2 rings (SSSR count). The summed E-state index contributed by atoms with van der Waals surface area (Å²) in [5.41, 5.74) is 1.06. The van der Waals surface area contributed by atoms with E-state index in [1.807, 2.05) is 12.1 Å². The number of nitrogens with one attached hydrogen (secondary N) is 2. The summed E-state index contributed by atoms with van der Waals surface area (Å²) in [4.78, 5) is 0.340. The predicted molar refractivity (Wildman–Crippen MR) is 82.4 cm³/mol. The van der Waals surface area contributed by atoms with Gasteiger partial charge in [0, 0.05) is 13.1 Å². The summed E-state index contributed by atoms with van der Waals surface area (Å²) in [6, 6.07) is 7.12. The van der Waals surface area contributed by atoms with Gasteiger partial charge in [-0.05, 0) is 36.8 Å². The van der Waals surface area contributed by atoms with Gasteiger partial charge in [-0.25, -0.2) is 13.1 Å². The molecular formula is C15H24N2O2S. The molecule has 1 saturated carbocycles. The van der Waals surface area contributed by atoms with Crippen LogP contribution in [0.15, 0.2) is 29.2 Å². The Morgan fingerprint density at radius 1 is 1.20 bits per heavy atom. The Hall–Kier alpha value is -1.07. The van der Waals surface area contributed by atoms with E-state index < -0.39 is 10.0 Å². The number of benzene rings is 1. The maximum absolute atomic E-state index is 12.2. The van der Waals surface area contributed by atoms with Crippen LogP contribution in [0.3, 0.4) is 0 Å². The minimum atomic E-state index is -3.42. The fourth-order valence-electron chi connectivity index (χ4n) is 2.73. The van der Waals surface area contributed by atoms with E-state index in [2.05, 4.69) is 17.0 Å². The maximum atomic E-state index is 12.2. The molecule has 20 heavy (non-hydrogen) atoms. The van der Waals surface area contributed by atoms with Crippen LogP contribution in [0, 0.1) is 5.41 Å². The Bertz CT molecular complexity index is 545. The second kappa shape index (κ2) is 6.14. The first-order valence-electron chi connectivity index (χ1n) is 7.35. The molecule has 1 fully saturated rings. The van der Waals surface area contributed by atoms with Gasteiger partial charge in [-0.2, -0.15) is 0 Å². The molecule has 1 aromatic rings. The summed E-state index contributed by atoms with van der Waals surface area (Å²) in [6.45, 7) is 5.24. The first-order chi connectivity index (χ1) is 9.53. The smallest absolute Gasteiger partial charge is 0.242 e. The lowest BCUT2D eigenvalue weighted by atomic mass is 9.67. The molecular weight excluding hydrogens is 272 g/mol. The van der Waals surface area contributed by atoms with Gasteiger partial charge in [-0.1, -0.05) is 32.4 Å². The van der Waals surface area contributed by atoms with E-state index in [4.69, 9.17) is 0 Å². The zero-order valence-electron chi connectivity index (χ0n) is 12.3. The van der Waals surface area contributed by atoms with Gasteiger partial charge in [0.15, 0.2) is 0 Å². The average molecular weight is 296 g/mol. The number of sulfonamides is 1. The fourth-order valence-corrected chi connectivity index (χ4v) is 3.95. The van der Waals surface area contributed by atoms with Crippen LogP contribution in [0.4, 0.5) is 5.69 Å². The van der Waals surface area contributed by atoms with Gasteiger partial charge >= 0.3 is 0 Å². The van der Waals surface area contributed by atoms with Gasteiger partial charge < -0.3 is 5.32 Å². The third-order valence-electron chi connectivity index (χ3n) is 4.33. The van der Waals surface area contributed by atoms with Crippen molar-refractivity contribution in [2.75, 3.05) is 18.4 Å². The summed E-state index contributed by atoms with van der Waals surface area (Å²) in [5, 5.41) is 3.35. The lowest BCUT2D eigenvalue weighted by molar-refractivity contribution is 0.145. The van der Waals surface area contributed by atoms with Crippen molar-refractivity contribution >= 4 is 15.7 Å². The molecule has 0 bridgehead atoms. The number of anilines is 1. The van der Waals surface area contributed by atoms with Crippen LogP contribution in [0.25, 0.3) is 0 Å².